The van der Waals surface area contributed by atoms with Gasteiger partial charge in [-0.2, -0.15) is 0 Å². The van der Waals surface area contributed by atoms with Crippen LogP contribution in [0, 0.1) is 5.92 Å². The third kappa shape index (κ3) is 2.09. The quantitative estimate of drug-likeness (QED) is 0.604. The molecule has 1 amide bonds. The van der Waals surface area contributed by atoms with Crippen LogP contribution in [0.1, 0.15) is 19.3 Å². The molecule has 4 heteroatoms. The van der Waals surface area contributed by atoms with E-state index in [1.54, 1.807) is 0 Å². The van der Waals surface area contributed by atoms with E-state index in [-0.39, 0.29) is 6.09 Å². The van der Waals surface area contributed by atoms with Gasteiger partial charge in [-0.3, -0.25) is 0 Å². The summed E-state index contributed by atoms with van der Waals surface area (Å²) < 4.78 is 4.77. The van der Waals surface area contributed by atoms with Gasteiger partial charge in [-0.1, -0.05) is 0 Å². The Labute approximate surface area is 91.2 Å². The molecule has 0 aliphatic carbocycles. The van der Waals surface area contributed by atoms with Gasteiger partial charge in [0.1, 0.15) is 0 Å². The van der Waals surface area contributed by atoms with Crippen LogP contribution >= 0.6 is 0 Å². The zero-order valence-electron chi connectivity index (χ0n) is 9.61. The lowest BCUT2D eigenvalue weighted by atomic mass is 9.84. The lowest BCUT2D eigenvalue weighted by molar-refractivity contribution is 0.0348. The van der Waals surface area contributed by atoms with Gasteiger partial charge >= 0.3 is 6.09 Å². The van der Waals surface area contributed by atoms with Crippen molar-refractivity contribution in [3.63, 3.8) is 0 Å². The Morgan fingerprint density at radius 3 is 2.87 bits per heavy atom. The molecule has 0 radical (unpaired) electrons. The Kier molecular flexibility index (Phi) is 3.14. The van der Waals surface area contributed by atoms with E-state index in [1.165, 1.54) is 26.5 Å². The number of carbonyl (C=O) groups excluding carboxylic acids is 1. The number of rotatable bonds is 0. The number of piperidine rings is 2. The third-order valence-corrected chi connectivity index (χ3v) is 3.78. The summed E-state index contributed by atoms with van der Waals surface area (Å²) in [5.74, 6) is 0.650. The molecule has 0 unspecified atom stereocenters. The van der Waals surface area contributed by atoms with Crippen LogP contribution < -0.4 is 0 Å². The molecule has 0 N–H and O–H groups in total. The third-order valence-electron chi connectivity index (χ3n) is 3.78. The molecule has 0 aromatic carbocycles. The van der Waals surface area contributed by atoms with E-state index in [0.717, 1.165) is 19.5 Å². The van der Waals surface area contributed by atoms with E-state index < -0.39 is 0 Å². The van der Waals surface area contributed by atoms with Gasteiger partial charge in [0.25, 0.3) is 0 Å². The molecule has 2 saturated heterocycles. The second-order valence-electron chi connectivity index (χ2n) is 4.65. The van der Waals surface area contributed by atoms with Gasteiger partial charge in [0.15, 0.2) is 0 Å². The van der Waals surface area contributed by atoms with E-state index in [0.29, 0.717) is 12.0 Å². The van der Waals surface area contributed by atoms with Crippen molar-refractivity contribution in [3.05, 3.63) is 0 Å². The Balaban J connectivity index is 1.96. The first kappa shape index (κ1) is 10.7. The summed E-state index contributed by atoms with van der Waals surface area (Å²) in [5.41, 5.74) is 0. The molecular formula is C11H20N2O2. The topological polar surface area (TPSA) is 32.8 Å². The van der Waals surface area contributed by atoms with E-state index in [2.05, 4.69) is 11.9 Å². The molecule has 2 aliphatic heterocycles. The van der Waals surface area contributed by atoms with Crippen LogP contribution in [0.4, 0.5) is 4.79 Å². The summed E-state index contributed by atoms with van der Waals surface area (Å²) in [6, 6.07) is 0.680. The van der Waals surface area contributed by atoms with Crippen molar-refractivity contribution >= 4 is 6.09 Å². The molecule has 0 saturated carbocycles. The molecular weight excluding hydrogens is 192 g/mol. The standard InChI is InChI=1S/C11H20N2O2/c1-12-6-3-4-9-8-13(11(14)15-2)7-5-10(9)12/h9-10H,3-8H2,1-2H3/t9-,10+/m0/s1. The minimum absolute atomic E-state index is 0.165. The number of nitrogens with zero attached hydrogens (tertiary/aromatic N) is 2. The minimum Gasteiger partial charge on any atom is -0.453 e. The largest absolute Gasteiger partial charge is 0.453 e. The fourth-order valence-electron chi connectivity index (χ4n) is 2.95. The van der Waals surface area contributed by atoms with Gasteiger partial charge < -0.3 is 14.5 Å². The zero-order valence-corrected chi connectivity index (χ0v) is 9.61. The van der Waals surface area contributed by atoms with Crippen molar-refractivity contribution in [2.45, 2.75) is 25.3 Å². The molecule has 0 aromatic rings. The first-order chi connectivity index (χ1) is 7.22. The molecule has 2 aliphatic rings. The Hall–Kier alpha value is -0.770. The van der Waals surface area contributed by atoms with Crippen LogP contribution in [0.5, 0.6) is 0 Å². The fourth-order valence-corrected chi connectivity index (χ4v) is 2.95. The van der Waals surface area contributed by atoms with E-state index in [1.807, 2.05) is 4.90 Å². The lowest BCUT2D eigenvalue weighted by Gasteiger charge is -2.45. The highest BCUT2D eigenvalue weighted by Crippen LogP contribution is 2.29. The zero-order chi connectivity index (χ0) is 10.8. The summed E-state index contributed by atoms with van der Waals surface area (Å²) >= 11 is 0. The number of methoxy groups -OCH3 is 1. The molecule has 86 valence electrons. The number of likely N-dealkylation sites (tertiary alicyclic amines) is 2. The van der Waals surface area contributed by atoms with Crippen LogP contribution in [-0.4, -0.2) is 55.7 Å². The van der Waals surface area contributed by atoms with Gasteiger partial charge in [-0.15, -0.1) is 0 Å². The van der Waals surface area contributed by atoms with Crippen molar-refractivity contribution in [1.29, 1.82) is 0 Å². The molecule has 2 heterocycles. The van der Waals surface area contributed by atoms with Gasteiger partial charge in [0, 0.05) is 19.1 Å². The van der Waals surface area contributed by atoms with Gasteiger partial charge in [-0.05, 0) is 38.8 Å². The maximum atomic E-state index is 11.4. The first-order valence-corrected chi connectivity index (χ1v) is 5.75. The Morgan fingerprint density at radius 1 is 1.33 bits per heavy atom. The first-order valence-electron chi connectivity index (χ1n) is 5.75. The average molecular weight is 212 g/mol. The smallest absolute Gasteiger partial charge is 0.409 e. The number of hydrogen-bond acceptors (Lipinski definition) is 3. The number of ether oxygens (including phenoxy) is 1. The van der Waals surface area contributed by atoms with Gasteiger partial charge in [-0.25, -0.2) is 4.79 Å². The summed E-state index contributed by atoms with van der Waals surface area (Å²) in [6.07, 6.45) is 3.44. The molecule has 2 atom stereocenters. The predicted octanol–water partition coefficient (Wildman–Crippen LogP) is 1.17. The summed E-state index contributed by atoms with van der Waals surface area (Å²) in [7, 11) is 3.66. The highest BCUT2D eigenvalue weighted by atomic mass is 16.5. The van der Waals surface area contributed by atoms with Gasteiger partial charge in [0.2, 0.25) is 0 Å². The van der Waals surface area contributed by atoms with Crippen LogP contribution in [0.15, 0.2) is 0 Å². The Morgan fingerprint density at radius 2 is 2.13 bits per heavy atom. The van der Waals surface area contributed by atoms with Crippen LogP contribution in [0.3, 0.4) is 0 Å². The van der Waals surface area contributed by atoms with Crippen LogP contribution in [0.2, 0.25) is 0 Å². The van der Waals surface area contributed by atoms with Gasteiger partial charge in [0.05, 0.1) is 7.11 Å². The van der Waals surface area contributed by atoms with Crippen molar-refractivity contribution in [3.8, 4) is 0 Å². The highest BCUT2D eigenvalue weighted by Gasteiger charge is 2.35. The maximum Gasteiger partial charge on any atom is 0.409 e. The summed E-state index contributed by atoms with van der Waals surface area (Å²) in [5, 5.41) is 0. The van der Waals surface area contributed by atoms with E-state index in [4.69, 9.17) is 4.74 Å². The molecule has 2 fully saturated rings. The van der Waals surface area contributed by atoms with Crippen molar-refractivity contribution in [2.75, 3.05) is 33.8 Å². The van der Waals surface area contributed by atoms with Crippen LogP contribution in [-0.2, 0) is 4.74 Å². The lowest BCUT2D eigenvalue weighted by Crippen LogP contribution is -2.53. The fraction of sp³-hybridized carbons (Fsp3) is 0.909. The monoisotopic (exact) mass is 212 g/mol. The number of hydrogen-bond donors (Lipinski definition) is 0. The Bertz CT molecular complexity index is 245. The molecule has 15 heavy (non-hydrogen) atoms. The van der Waals surface area contributed by atoms with E-state index in [9.17, 15) is 4.79 Å². The van der Waals surface area contributed by atoms with E-state index >= 15 is 0 Å². The summed E-state index contributed by atoms with van der Waals surface area (Å²) in [4.78, 5) is 15.7. The number of amides is 1. The predicted molar refractivity (Wildman–Crippen MR) is 57.7 cm³/mol. The maximum absolute atomic E-state index is 11.4. The average Bonchev–Trinajstić information content (AvgIpc) is 2.28. The minimum atomic E-state index is -0.165. The molecule has 4 nitrogen and oxygen atoms in total. The van der Waals surface area contributed by atoms with Crippen molar-refractivity contribution in [1.82, 2.24) is 9.80 Å². The highest BCUT2D eigenvalue weighted by molar-refractivity contribution is 5.67. The second kappa shape index (κ2) is 4.39. The van der Waals surface area contributed by atoms with Crippen molar-refractivity contribution < 1.29 is 9.53 Å². The van der Waals surface area contributed by atoms with Crippen molar-refractivity contribution in [2.24, 2.45) is 5.92 Å². The van der Waals surface area contributed by atoms with Crippen LogP contribution in [0.25, 0.3) is 0 Å². The summed E-state index contributed by atoms with van der Waals surface area (Å²) in [6.45, 7) is 2.93. The molecule has 0 aromatic heterocycles. The normalized spacial score (nSPS) is 32.3. The SMILES string of the molecule is COC(=O)N1CC[C@@H]2[C@@H](CCCN2C)C1. The molecule has 0 spiro atoms. The molecule has 0 bridgehead atoms. The number of carbonyl (C=O) groups is 1. The molecule has 2 rings (SSSR count). The number of fused-ring (bicyclic) bond motifs is 1. The second-order valence-corrected chi connectivity index (χ2v) is 4.65.